The molecule has 0 aliphatic rings. The van der Waals surface area contributed by atoms with Gasteiger partial charge in [0.05, 0.1) is 5.52 Å². The third-order valence-corrected chi connectivity index (χ3v) is 4.51. The van der Waals surface area contributed by atoms with Crippen LogP contribution in [0.3, 0.4) is 0 Å². The predicted octanol–water partition coefficient (Wildman–Crippen LogP) is 4.26. The molecule has 0 atom stereocenters. The highest BCUT2D eigenvalue weighted by Gasteiger charge is 2.08. The van der Waals surface area contributed by atoms with Crippen LogP contribution in [0.5, 0.6) is 5.75 Å². The number of nitrogens with one attached hydrogen (secondary N) is 1. The lowest BCUT2D eigenvalue weighted by Crippen LogP contribution is -2.34. The van der Waals surface area contributed by atoms with Gasteiger partial charge in [-0.1, -0.05) is 18.2 Å². The molecule has 0 radical (unpaired) electrons. The summed E-state index contributed by atoms with van der Waals surface area (Å²) in [6.07, 6.45) is 5.38. The molecule has 0 fully saturated rings. The second-order valence-corrected chi connectivity index (χ2v) is 7.24. The maximum atomic E-state index is 11.8. The van der Waals surface area contributed by atoms with Crippen LogP contribution in [0.15, 0.2) is 73.2 Å². The molecule has 0 unspecified atom stereocenters. The smallest absolute Gasteiger partial charge is 0.258 e. The van der Waals surface area contributed by atoms with Crippen LogP contribution in [0.2, 0.25) is 0 Å². The zero-order chi connectivity index (χ0) is 20.9. The van der Waals surface area contributed by atoms with E-state index in [0.717, 1.165) is 27.6 Å². The van der Waals surface area contributed by atoms with E-state index in [1.165, 1.54) is 0 Å². The summed E-state index contributed by atoms with van der Waals surface area (Å²) in [4.78, 5) is 25.1. The zero-order valence-electron chi connectivity index (χ0n) is 16.9. The molecule has 0 saturated carbocycles. The van der Waals surface area contributed by atoms with Crippen molar-refractivity contribution in [3.8, 4) is 28.3 Å². The summed E-state index contributed by atoms with van der Waals surface area (Å²) < 4.78 is 5.61. The lowest BCUT2D eigenvalue weighted by atomic mass is 10.1. The molecule has 1 N–H and O–H groups in total. The first kappa shape index (κ1) is 19.5. The van der Waals surface area contributed by atoms with Gasteiger partial charge in [-0.15, -0.1) is 0 Å². The van der Waals surface area contributed by atoms with Crippen LogP contribution < -0.4 is 10.1 Å². The topological polar surface area (TPSA) is 77.0 Å². The highest BCUT2D eigenvalue weighted by atomic mass is 16.5. The van der Waals surface area contributed by atoms with E-state index in [0.29, 0.717) is 11.6 Å². The normalized spacial score (nSPS) is 10.9. The number of hydrogen-bond acceptors (Lipinski definition) is 5. The summed E-state index contributed by atoms with van der Waals surface area (Å²) in [5.74, 6) is 1.06. The van der Waals surface area contributed by atoms with Crippen molar-refractivity contribution in [2.45, 2.75) is 19.9 Å². The number of ether oxygens (including phenoxy) is 1. The van der Waals surface area contributed by atoms with Gasteiger partial charge < -0.3 is 10.1 Å². The minimum Gasteiger partial charge on any atom is -0.484 e. The Labute approximate surface area is 175 Å². The van der Waals surface area contributed by atoms with Crippen molar-refractivity contribution in [1.82, 2.24) is 20.3 Å². The van der Waals surface area contributed by atoms with E-state index in [1.54, 1.807) is 12.4 Å². The van der Waals surface area contributed by atoms with E-state index in [1.807, 2.05) is 68.6 Å². The average Bonchev–Trinajstić information content (AvgIpc) is 2.77. The molecule has 6 nitrogen and oxygen atoms in total. The number of hydrogen-bond donors (Lipinski definition) is 1. The quantitative estimate of drug-likeness (QED) is 0.525. The van der Waals surface area contributed by atoms with Gasteiger partial charge in [-0.05, 0) is 61.4 Å². The Kier molecular flexibility index (Phi) is 5.66. The highest BCUT2D eigenvalue weighted by Crippen LogP contribution is 2.26. The third-order valence-electron chi connectivity index (χ3n) is 4.51. The summed E-state index contributed by atoms with van der Waals surface area (Å²) in [7, 11) is 0. The molecule has 1 amide bonds. The van der Waals surface area contributed by atoms with Gasteiger partial charge in [0.1, 0.15) is 5.75 Å². The lowest BCUT2D eigenvalue weighted by molar-refractivity contribution is -0.123. The summed E-state index contributed by atoms with van der Waals surface area (Å²) >= 11 is 0. The van der Waals surface area contributed by atoms with Crippen LogP contribution in [0, 0.1) is 0 Å². The van der Waals surface area contributed by atoms with Crippen LogP contribution in [-0.2, 0) is 4.79 Å². The van der Waals surface area contributed by atoms with Crippen LogP contribution in [0.1, 0.15) is 13.8 Å². The Hall–Kier alpha value is -3.80. The van der Waals surface area contributed by atoms with E-state index in [4.69, 9.17) is 9.72 Å². The van der Waals surface area contributed by atoms with Crippen molar-refractivity contribution in [3.05, 3.63) is 73.2 Å². The van der Waals surface area contributed by atoms with Gasteiger partial charge in [-0.25, -0.2) is 9.97 Å². The van der Waals surface area contributed by atoms with E-state index < -0.39 is 0 Å². The van der Waals surface area contributed by atoms with Gasteiger partial charge in [0.2, 0.25) is 0 Å². The fourth-order valence-electron chi connectivity index (χ4n) is 3.13. The molecule has 0 saturated heterocycles. The second-order valence-electron chi connectivity index (χ2n) is 7.24. The minimum atomic E-state index is -0.151. The first-order chi connectivity index (χ1) is 14.6. The van der Waals surface area contributed by atoms with Crippen molar-refractivity contribution in [2.75, 3.05) is 6.61 Å². The minimum absolute atomic E-state index is 0.0298. The number of carbonyl (C=O) groups excluding carboxylic acids is 1. The number of aromatic nitrogens is 3. The van der Waals surface area contributed by atoms with E-state index in [9.17, 15) is 4.79 Å². The Morgan fingerprint density at radius 3 is 2.63 bits per heavy atom. The summed E-state index contributed by atoms with van der Waals surface area (Å²) in [5.41, 5.74) is 3.89. The number of amides is 1. The van der Waals surface area contributed by atoms with Gasteiger partial charge >= 0.3 is 0 Å². The summed E-state index contributed by atoms with van der Waals surface area (Å²) in [5, 5.41) is 3.77. The SMILES string of the molecule is CC(C)NC(=O)COc1cccc(-c2ncc3cc(-c4ccncc4)ccc3n2)c1. The van der Waals surface area contributed by atoms with E-state index in [2.05, 4.69) is 21.4 Å². The maximum Gasteiger partial charge on any atom is 0.258 e. The Morgan fingerprint density at radius 2 is 1.83 bits per heavy atom. The molecule has 2 heterocycles. The molecule has 4 aromatic rings. The largest absolute Gasteiger partial charge is 0.484 e. The Balaban J connectivity index is 1.55. The van der Waals surface area contributed by atoms with E-state index >= 15 is 0 Å². The molecule has 6 heteroatoms. The second kappa shape index (κ2) is 8.69. The fraction of sp³-hybridized carbons (Fsp3) is 0.167. The molecule has 0 aliphatic heterocycles. The Morgan fingerprint density at radius 1 is 1.00 bits per heavy atom. The number of pyridine rings is 1. The molecule has 0 aliphatic carbocycles. The zero-order valence-corrected chi connectivity index (χ0v) is 16.9. The van der Waals surface area contributed by atoms with Gasteiger partial charge in [0.25, 0.3) is 5.91 Å². The van der Waals surface area contributed by atoms with E-state index in [-0.39, 0.29) is 18.6 Å². The first-order valence-electron chi connectivity index (χ1n) is 9.78. The van der Waals surface area contributed by atoms with Gasteiger partial charge in [0, 0.05) is 35.6 Å². The number of benzene rings is 2. The molecule has 0 spiro atoms. The van der Waals surface area contributed by atoms with Crippen molar-refractivity contribution in [3.63, 3.8) is 0 Å². The summed E-state index contributed by atoms with van der Waals surface area (Å²) in [6.45, 7) is 3.79. The Bertz CT molecular complexity index is 1180. The van der Waals surface area contributed by atoms with Crippen LogP contribution in [0.25, 0.3) is 33.4 Å². The molecular formula is C24H22N4O2. The standard InChI is InChI=1S/C24H22N4O2/c1-16(2)27-23(29)15-30-21-5-3-4-19(13-21)24-26-14-20-12-18(6-7-22(20)28-24)17-8-10-25-11-9-17/h3-14,16H,15H2,1-2H3,(H,27,29). The van der Waals surface area contributed by atoms with Gasteiger partial charge in [0.15, 0.2) is 12.4 Å². The van der Waals surface area contributed by atoms with Crippen molar-refractivity contribution >= 4 is 16.8 Å². The van der Waals surface area contributed by atoms with Crippen LogP contribution in [0.4, 0.5) is 0 Å². The summed E-state index contributed by atoms with van der Waals surface area (Å²) in [6, 6.07) is 17.6. The number of nitrogens with zero attached hydrogens (tertiary/aromatic N) is 3. The number of carbonyl (C=O) groups is 1. The highest BCUT2D eigenvalue weighted by molar-refractivity contribution is 5.85. The molecule has 2 aromatic carbocycles. The van der Waals surface area contributed by atoms with Gasteiger partial charge in [-0.3, -0.25) is 9.78 Å². The monoisotopic (exact) mass is 398 g/mol. The lowest BCUT2D eigenvalue weighted by Gasteiger charge is -2.10. The maximum absolute atomic E-state index is 11.8. The van der Waals surface area contributed by atoms with Gasteiger partial charge in [-0.2, -0.15) is 0 Å². The van der Waals surface area contributed by atoms with Crippen LogP contribution >= 0.6 is 0 Å². The van der Waals surface area contributed by atoms with Crippen molar-refractivity contribution < 1.29 is 9.53 Å². The fourth-order valence-corrected chi connectivity index (χ4v) is 3.13. The third kappa shape index (κ3) is 4.60. The molecule has 0 bridgehead atoms. The van der Waals surface area contributed by atoms with Crippen LogP contribution in [-0.4, -0.2) is 33.5 Å². The van der Waals surface area contributed by atoms with Crippen molar-refractivity contribution in [2.24, 2.45) is 0 Å². The molecule has 150 valence electrons. The molecule has 30 heavy (non-hydrogen) atoms. The number of rotatable bonds is 6. The molecule has 2 aromatic heterocycles. The first-order valence-corrected chi connectivity index (χ1v) is 9.78. The predicted molar refractivity (Wildman–Crippen MR) is 117 cm³/mol. The average molecular weight is 398 g/mol. The number of fused-ring (bicyclic) bond motifs is 1. The molecular weight excluding hydrogens is 376 g/mol. The van der Waals surface area contributed by atoms with Crippen molar-refractivity contribution in [1.29, 1.82) is 0 Å². The molecule has 4 rings (SSSR count).